The van der Waals surface area contributed by atoms with E-state index in [-0.39, 0.29) is 0 Å². The maximum Gasteiger partial charge on any atom is 0.547 e. The van der Waals surface area contributed by atoms with Crippen LogP contribution in [0, 0.1) is 0 Å². The highest BCUT2D eigenvalue weighted by atomic mass is 28.5. The Labute approximate surface area is 131 Å². The largest absolute Gasteiger partial charge is 0.547 e. The second-order valence-electron chi connectivity index (χ2n) is 6.64. The topological polar surface area (TPSA) is 63.2 Å². The van der Waals surface area contributed by atoms with Crippen molar-refractivity contribution in [2.45, 2.75) is 52.8 Å². The van der Waals surface area contributed by atoms with E-state index in [1.807, 2.05) is 39.3 Å². The number of carbonyl (C=O) groups excluding carboxylic acids is 1. The molecular weight excluding hydrogens is 340 g/mol. The summed E-state index contributed by atoms with van der Waals surface area (Å²) in [4.78, 5) is 11.9. The van der Waals surface area contributed by atoms with Crippen LogP contribution in [-0.2, 0) is 25.7 Å². The monoisotopic (exact) mass is 366 g/mol. The molecule has 0 saturated carbocycles. The van der Waals surface area contributed by atoms with Gasteiger partial charge in [-0.3, -0.25) is 0 Å². The maximum absolute atomic E-state index is 11.9. The summed E-state index contributed by atoms with van der Waals surface area (Å²) in [5.41, 5.74) is 0.313. The molecule has 0 aromatic rings. The molecule has 122 valence electrons. The second-order valence-corrected chi connectivity index (χ2v) is 20.2. The molecule has 0 unspecified atom stereocenters. The summed E-state index contributed by atoms with van der Waals surface area (Å²) in [6.07, 6.45) is 0. The number of hydrogen-bond acceptors (Lipinski definition) is 6. The van der Waals surface area contributed by atoms with Crippen molar-refractivity contribution < 1.29 is 25.7 Å². The Morgan fingerprint density at radius 1 is 0.810 bits per heavy atom. The number of rotatable bonds is 2. The summed E-state index contributed by atoms with van der Waals surface area (Å²) in [5, 5.41) is 0. The number of hydrogen-bond donors (Lipinski definition) is 0. The van der Waals surface area contributed by atoms with Gasteiger partial charge in [0.1, 0.15) is 0 Å². The van der Waals surface area contributed by atoms with Crippen LogP contribution in [0.5, 0.6) is 0 Å². The van der Waals surface area contributed by atoms with Crippen LogP contribution in [-0.4, -0.2) is 40.5 Å². The molecule has 0 aromatic heterocycles. The van der Waals surface area contributed by atoms with Gasteiger partial charge in [-0.15, -0.1) is 0 Å². The van der Waals surface area contributed by atoms with Crippen LogP contribution in [0.15, 0.2) is 12.2 Å². The second kappa shape index (κ2) is 5.85. The Morgan fingerprint density at radius 2 is 1.14 bits per heavy atom. The van der Waals surface area contributed by atoms with E-state index < -0.39 is 40.5 Å². The summed E-state index contributed by atoms with van der Waals surface area (Å²) >= 11 is 0. The minimum Gasteiger partial charge on any atom is -0.471 e. The molecule has 1 aliphatic rings. The summed E-state index contributed by atoms with van der Waals surface area (Å²) < 4.78 is 30.0. The normalized spacial score (nSPS) is 26.3. The zero-order chi connectivity index (χ0) is 16.7. The Kier molecular flexibility index (Phi) is 5.28. The van der Waals surface area contributed by atoms with E-state index in [1.54, 1.807) is 13.5 Å². The third kappa shape index (κ3) is 5.90. The average Bonchev–Trinajstić information content (AvgIpc) is 2.06. The highest BCUT2D eigenvalue weighted by Gasteiger charge is 2.55. The molecule has 10 heteroatoms. The minimum absolute atomic E-state index is 0.313. The summed E-state index contributed by atoms with van der Waals surface area (Å²) in [6, 6.07) is 0. The fourth-order valence-corrected chi connectivity index (χ4v) is 22.1. The van der Waals surface area contributed by atoms with Gasteiger partial charge in [-0.25, -0.2) is 4.79 Å². The van der Waals surface area contributed by atoms with Gasteiger partial charge in [-0.1, -0.05) is 6.58 Å². The molecule has 1 aliphatic heterocycles. The molecule has 1 saturated heterocycles. The van der Waals surface area contributed by atoms with Crippen molar-refractivity contribution in [1.82, 2.24) is 0 Å². The van der Waals surface area contributed by atoms with Crippen LogP contribution in [0.4, 0.5) is 0 Å². The number of carbonyl (C=O) groups is 1. The minimum atomic E-state index is -3.19. The zero-order valence-electron chi connectivity index (χ0n) is 14.2. The first kappa shape index (κ1) is 19.0. The first-order valence-corrected chi connectivity index (χ1v) is 17.5. The fourth-order valence-electron chi connectivity index (χ4n) is 2.46. The molecule has 0 amide bonds. The maximum atomic E-state index is 11.9. The van der Waals surface area contributed by atoms with Gasteiger partial charge < -0.3 is 20.9 Å². The zero-order valence-corrected chi connectivity index (χ0v) is 18.2. The molecule has 1 rings (SSSR count). The Bertz CT molecular complexity index is 426. The standard InChI is InChI=1S/C11H26O6Si4/c1-10(2)11(12)13-21(9)16-19(5,6)14-18(3,4)15-20(7,8)17-21/h1H2,2-9H3. The Balaban J connectivity index is 3.09. The molecule has 1 heterocycles. The van der Waals surface area contributed by atoms with Crippen LogP contribution < -0.4 is 0 Å². The molecule has 6 nitrogen and oxygen atoms in total. The highest BCUT2D eigenvalue weighted by Crippen LogP contribution is 2.31. The lowest BCUT2D eigenvalue weighted by atomic mass is 10.4. The smallest absolute Gasteiger partial charge is 0.471 e. The molecular formula is C11H26O6Si4. The Hall–Kier alpha value is -0.0825. The average molecular weight is 367 g/mol. The van der Waals surface area contributed by atoms with Gasteiger partial charge in [0.2, 0.25) is 0 Å². The van der Waals surface area contributed by atoms with Crippen LogP contribution in [0.2, 0.25) is 45.8 Å². The van der Waals surface area contributed by atoms with Crippen molar-refractivity contribution in [1.29, 1.82) is 0 Å². The Morgan fingerprint density at radius 3 is 1.48 bits per heavy atom. The predicted molar refractivity (Wildman–Crippen MR) is 89.3 cm³/mol. The first-order chi connectivity index (χ1) is 9.16. The molecule has 0 N–H and O–H groups in total. The lowest BCUT2D eigenvalue weighted by Crippen LogP contribution is -2.66. The molecule has 0 radical (unpaired) electrons. The van der Waals surface area contributed by atoms with E-state index in [0.29, 0.717) is 5.57 Å². The van der Waals surface area contributed by atoms with Gasteiger partial charge in [-0.05, 0) is 46.2 Å². The van der Waals surface area contributed by atoms with E-state index in [4.69, 9.17) is 20.9 Å². The van der Waals surface area contributed by atoms with Gasteiger partial charge in [0.15, 0.2) is 0 Å². The fraction of sp³-hybridized carbons (Fsp3) is 0.727. The third-order valence-corrected chi connectivity index (χ3v) is 17.8. The quantitative estimate of drug-likeness (QED) is 0.553. The van der Waals surface area contributed by atoms with Crippen LogP contribution in [0.1, 0.15) is 6.92 Å². The molecule has 0 aromatic carbocycles. The molecule has 1 fully saturated rings. The lowest BCUT2D eigenvalue weighted by molar-refractivity contribution is -0.133. The van der Waals surface area contributed by atoms with E-state index in [1.165, 1.54) is 0 Å². The SMILES string of the molecule is C=C(C)C(=O)O[Si]1(C)O[Si](C)(C)O[Si](C)(C)O[Si](C)(C)O1. The molecule has 0 atom stereocenters. The van der Waals surface area contributed by atoms with Crippen molar-refractivity contribution in [3.63, 3.8) is 0 Å². The van der Waals surface area contributed by atoms with Crippen LogP contribution in [0.3, 0.4) is 0 Å². The van der Waals surface area contributed by atoms with Crippen molar-refractivity contribution in [2.24, 2.45) is 0 Å². The molecule has 0 aliphatic carbocycles. The third-order valence-electron chi connectivity index (χ3n) is 2.47. The molecule has 0 bridgehead atoms. The van der Waals surface area contributed by atoms with E-state index >= 15 is 0 Å². The summed E-state index contributed by atoms with van der Waals surface area (Å²) in [6.45, 7) is 18.5. The van der Waals surface area contributed by atoms with Crippen LogP contribution >= 0.6 is 0 Å². The van der Waals surface area contributed by atoms with Crippen molar-refractivity contribution in [3.8, 4) is 0 Å². The van der Waals surface area contributed by atoms with Gasteiger partial charge in [0.05, 0.1) is 0 Å². The predicted octanol–water partition coefficient (Wildman–Crippen LogP) is 2.86. The first-order valence-electron chi connectivity index (χ1n) is 6.85. The van der Waals surface area contributed by atoms with Crippen molar-refractivity contribution in [3.05, 3.63) is 12.2 Å². The summed E-state index contributed by atoms with van der Waals surface area (Å²) in [7, 11) is -10.6. The van der Waals surface area contributed by atoms with Crippen LogP contribution in [0.25, 0.3) is 0 Å². The van der Waals surface area contributed by atoms with E-state index in [0.717, 1.165) is 0 Å². The van der Waals surface area contributed by atoms with E-state index in [2.05, 4.69) is 6.58 Å². The van der Waals surface area contributed by atoms with Crippen molar-refractivity contribution in [2.75, 3.05) is 0 Å². The lowest BCUT2D eigenvalue weighted by Gasteiger charge is -2.45. The van der Waals surface area contributed by atoms with Gasteiger partial charge in [0.25, 0.3) is 0 Å². The van der Waals surface area contributed by atoms with Gasteiger partial charge >= 0.3 is 40.5 Å². The van der Waals surface area contributed by atoms with E-state index in [9.17, 15) is 4.79 Å². The molecule has 21 heavy (non-hydrogen) atoms. The highest BCUT2D eigenvalue weighted by molar-refractivity contribution is 6.91. The van der Waals surface area contributed by atoms with Gasteiger partial charge in [-0.2, -0.15) is 0 Å². The van der Waals surface area contributed by atoms with Gasteiger partial charge in [0, 0.05) is 12.1 Å². The summed E-state index contributed by atoms with van der Waals surface area (Å²) in [5.74, 6) is -0.504. The molecule has 0 spiro atoms. The van der Waals surface area contributed by atoms with Crippen molar-refractivity contribution >= 4 is 40.5 Å².